The summed E-state index contributed by atoms with van der Waals surface area (Å²) in [6, 6.07) is 12.8. The molecule has 23 heavy (non-hydrogen) atoms. The maximum atomic E-state index is 12.1. The van der Waals surface area contributed by atoms with E-state index in [0.717, 1.165) is 22.4 Å². The van der Waals surface area contributed by atoms with E-state index in [1.54, 1.807) is 37.5 Å². The van der Waals surface area contributed by atoms with E-state index in [1.807, 2.05) is 26.0 Å². The lowest BCUT2D eigenvalue weighted by Gasteiger charge is -2.09. The summed E-state index contributed by atoms with van der Waals surface area (Å²) in [6.45, 7) is 3.94. The molecule has 1 N–H and O–H groups in total. The molecule has 0 saturated carbocycles. The Labute approximate surface area is 136 Å². The van der Waals surface area contributed by atoms with Crippen molar-refractivity contribution in [2.75, 3.05) is 12.4 Å². The third-order valence-electron chi connectivity index (χ3n) is 3.51. The van der Waals surface area contributed by atoms with Gasteiger partial charge < -0.3 is 10.1 Å². The first kappa shape index (κ1) is 16.3. The molecular weight excluding hydrogens is 288 g/mol. The number of hydrogen-bond donors (Lipinski definition) is 1. The first-order valence-electron chi connectivity index (χ1n) is 7.18. The molecule has 1 amide bonds. The molecule has 0 heterocycles. The molecule has 0 fully saturated rings. The van der Waals surface area contributed by atoms with Gasteiger partial charge in [0.15, 0.2) is 0 Å². The molecule has 0 radical (unpaired) electrons. The van der Waals surface area contributed by atoms with E-state index in [1.165, 1.54) is 6.08 Å². The molecule has 4 nitrogen and oxygen atoms in total. The van der Waals surface area contributed by atoms with Crippen LogP contribution in [0.5, 0.6) is 5.75 Å². The normalized spacial score (nSPS) is 10.3. The molecule has 0 saturated heterocycles. The van der Waals surface area contributed by atoms with Crippen molar-refractivity contribution in [3.8, 4) is 11.8 Å². The van der Waals surface area contributed by atoms with Crippen LogP contribution in [0.15, 0.2) is 42.5 Å². The highest BCUT2D eigenvalue weighted by molar-refractivity contribution is 6.02. The second-order valence-corrected chi connectivity index (χ2v) is 5.15. The minimum atomic E-state index is -0.276. The van der Waals surface area contributed by atoms with Gasteiger partial charge in [0.25, 0.3) is 0 Å². The van der Waals surface area contributed by atoms with Gasteiger partial charge in [0, 0.05) is 6.08 Å². The second kappa shape index (κ2) is 7.28. The number of aryl methyl sites for hydroxylation is 2. The zero-order valence-electron chi connectivity index (χ0n) is 13.4. The molecule has 2 aromatic rings. The first-order chi connectivity index (χ1) is 11.0. The zero-order chi connectivity index (χ0) is 16.8. The van der Waals surface area contributed by atoms with Crippen molar-refractivity contribution in [1.29, 1.82) is 5.26 Å². The fraction of sp³-hybridized carbons (Fsp3) is 0.158. The van der Waals surface area contributed by atoms with Crippen molar-refractivity contribution in [1.82, 2.24) is 0 Å². The molecule has 0 unspecified atom stereocenters. The van der Waals surface area contributed by atoms with Crippen LogP contribution in [0.2, 0.25) is 0 Å². The predicted molar refractivity (Wildman–Crippen MR) is 91.3 cm³/mol. The third-order valence-corrected chi connectivity index (χ3v) is 3.51. The quantitative estimate of drug-likeness (QED) is 0.873. The van der Waals surface area contributed by atoms with Crippen LogP contribution in [0.1, 0.15) is 22.3 Å². The van der Waals surface area contributed by atoms with Gasteiger partial charge in [-0.15, -0.1) is 0 Å². The van der Waals surface area contributed by atoms with E-state index in [0.29, 0.717) is 11.3 Å². The molecule has 0 aliphatic heterocycles. The summed E-state index contributed by atoms with van der Waals surface area (Å²) in [7, 11) is 1.63. The highest BCUT2D eigenvalue weighted by atomic mass is 16.5. The van der Waals surface area contributed by atoms with Crippen LogP contribution in [0, 0.1) is 25.2 Å². The van der Waals surface area contributed by atoms with Crippen LogP contribution < -0.4 is 10.1 Å². The molecule has 0 aliphatic rings. The summed E-state index contributed by atoms with van der Waals surface area (Å²) in [5.41, 5.74) is 3.99. The Kier molecular flexibility index (Phi) is 5.16. The van der Waals surface area contributed by atoms with E-state index in [4.69, 9.17) is 10.00 Å². The molecule has 0 aromatic heterocycles. The number of carbonyl (C=O) groups excluding carboxylic acids is 1. The van der Waals surface area contributed by atoms with Gasteiger partial charge in [-0.1, -0.05) is 12.1 Å². The smallest absolute Gasteiger partial charge is 0.248 e. The number of hydrogen-bond acceptors (Lipinski definition) is 3. The molecule has 0 atom stereocenters. The average Bonchev–Trinajstić information content (AvgIpc) is 2.54. The largest absolute Gasteiger partial charge is 0.497 e. The van der Waals surface area contributed by atoms with Crippen molar-refractivity contribution < 1.29 is 9.53 Å². The van der Waals surface area contributed by atoms with E-state index in [2.05, 4.69) is 11.4 Å². The van der Waals surface area contributed by atoms with Gasteiger partial charge >= 0.3 is 0 Å². The van der Waals surface area contributed by atoms with Crippen molar-refractivity contribution in [3.05, 3.63) is 64.7 Å². The maximum absolute atomic E-state index is 12.1. The fourth-order valence-electron chi connectivity index (χ4n) is 2.34. The summed E-state index contributed by atoms with van der Waals surface area (Å²) in [5.74, 6) is 0.520. The number of benzene rings is 2. The van der Waals surface area contributed by atoms with Crippen LogP contribution in [-0.2, 0) is 4.79 Å². The molecule has 0 aliphatic carbocycles. The van der Waals surface area contributed by atoms with E-state index >= 15 is 0 Å². The maximum Gasteiger partial charge on any atom is 0.248 e. The second-order valence-electron chi connectivity index (χ2n) is 5.15. The number of methoxy groups -OCH3 is 1. The van der Waals surface area contributed by atoms with Gasteiger partial charge in [0.1, 0.15) is 11.8 Å². The Morgan fingerprint density at radius 1 is 1.22 bits per heavy atom. The van der Waals surface area contributed by atoms with Crippen LogP contribution in [0.4, 0.5) is 5.69 Å². The fourth-order valence-corrected chi connectivity index (χ4v) is 2.34. The number of carbonyl (C=O) groups is 1. The number of amides is 1. The Morgan fingerprint density at radius 3 is 2.48 bits per heavy atom. The minimum absolute atomic E-state index is 0.276. The molecule has 0 bridgehead atoms. The highest BCUT2D eigenvalue weighted by Gasteiger charge is 2.05. The lowest BCUT2D eigenvalue weighted by Crippen LogP contribution is -2.09. The summed E-state index contributed by atoms with van der Waals surface area (Å²) < 4.78 is 5.23. The Hall–Kier alpha value is -3.06. The minimum Gasteiger partial charge on any atom is -0.497 e. The van der Waals surface area contributed by atoms with Gasteiger partial charge in [0.05, 0.1) is 18.4 Å². The third kappa shape index (κ3) is 3.98. The molecule has 2 rings (SSSR count). The molecule has 116 valence electrons. The van der Waals surface area contributed by atoms with Gasteiger partial charge in [0.2, 0.25) is 5.91 Å². The number of nitrogens with zero attached hydrogens (tertiary/aromatic N) is 1. The van der Waals surface area contributed by atoms with Gasteiger partial charge in [-0.2, -0.15) is 5.26 Å². The SMILES string of the molecule is COc1cc(C)c(/C=C/C(=O)Nc2ccccc2C#N)c(C)c1. The summed E-state index contributed by atoms with van der Waals surface area (Å²) >= 11 is 0. The Morgan fingerprint density at radius 2 is 1.87 bits per heavy atom. The van der Waals surface area contributed by atoms with Crippen LogP contribution in [-0.4, -0.2) is 13.0 Å². The van der Waals surface area contributed by atoms with Crippen LogP contribution in [0.25, 0.3) is 6.08 Å². The van der Waals surface area contributed by atoms with Crippen molar-refractivity contribution >= 4 is 17.7 Å². The summed E-state index contributed by atoms with van der Waals surface area (Å²) in [4.78, 5) is 12.1. The Bertz CT molecular complexity index is 778. The number of nitriles is 1. The van der Waals surface area contributed by atoms with E-state index in [9.17, 15) is 4.79 Å². The van der Waals surface area contributed by atoms with Gasteiger partial charge in [-0.05, 0) is 60.9 Å². The van der Waals surface area contributed by atoms with Gasteiger partial charge in [-0.3, -0.25) is 4.79 Å². The van der Waals surface area contributed by atoms with E-state index < -0.39 is 0 Å². The van der Waals surface area contributed by atoms with Crippen LogP contribution >= 0.6 is 0 Å². The van der Waals surface area contributed by atoms with Crippen molar-refractivity contribution in [2.24, 2.45) is 0 Å². The lowest BCUT2D eigenvalue weighted by atomic mass is 10.0. The number of ether oxygens (including phenoxy) is 1. The number of rotatable bonds is 4. The molecule has 0 spiro atoms. The van der Waals surface area contributed by atoms with Gasteiger partial charge in [-0.25, -0.2) is 0 Å². The molecular formula is C19H18N2O2. The standard InChI is InChI=1S/C19H18N2O2/c1-13-10-16(23-3)11-14(2)17(13)8-9-19(22)21-18-7-5-4-6-15(18)12-20/h4-11H,1-3H3,(H,21,22)/b9-8+. The molecule has 4 heteroatoms. The number of anilines is 1. The Balaban J connectivity index is 2.18. The first-order valence-corrected chi connectivity index (χ1v) is 7.18. The summed E-state index contributed by atoms with van der Waals surface area (Å²) in [6.07, 6.45) is 3.24. The number of para-hydroxylation sites is 1. The monoisotopic (exact) mass is 306 g/mol. The van der Waals surface area contributed by atoms with Crippen molar-refractivity contribution in [3.63, 3.8) is 0 Å². The average molecular weight is 306 g/mol. The summed E-state index contributed by atoms with van der Waals surface area (Å²) in [5, 5.41) is 11.8. The lowest BCUT2D eigenvalue weighted by molar-refractivity contribution is -0.111. The predicted octanol–water partition coefficient (Wildman–Crippen LogP) is 3.84. The number of nitrogens with one attached hydrogen (secondary N) is 1. The van der Waals surface area contributed by atoms with Crippen LogP contribution in [0.3, 0.4) is 0 Å². The van der Waals surface area contributed by atoms with Crippen molar-refractivity contribution in [2.45, 2.75) is 13.8 Å². The highest BCUT2D eigenvalue weighted by Crippen LogP contribution is 2.23. The molecule has 2 aromatic carbocycles. The zero-order valence-corrected chi connectivity index (χ0v) is 13.4. The van der Waals surface area contributed by atoms with E-state index in [-0.39, 0.29) is 5.91 Å². The topological polar surface area (TPSA) is 62.1 Å².